The molecule has 1 aliphatic carbocycles. The minimum Gasteiger partial charge on any atom is -0.382 e. The first kappa shape index (κ1) is 13.6. The van der Waals surface area contributed by atoms with Crippen LogP contribution in [0.25, 0.3) is 0 Å². The minimum atomic E-state index is -0.346. The van der Waals surface area contributed by atoms with Crippen molar-refractivity contribution in [2.24, 2.45) is 0 Å². The molecule has 108 valence electrons. The summed E-state index contributed by atoms with van der Waals surface area (Å²) in [7, 11) is 0. The highest BCUT2D eigenvalue weighted by molar-refractivity contribution is 5.57. The van der Waals surface area contributed by atoms with Gasteiger partial charge < -0.3 is 5.32 Å². The molecule has 0 bridgehead atoms. The molecule has 2 aromatic carbocycles. The van der Waals surface area contributed by atoms with E-state index in [1.165, 1.54) is 11.1 Å². The maximum absolute atomic E-state index is 10.9. The number of hydrogen-bond acceptors (Lipinski definition) is 3. The van der Waals surface area contributed by atoms with Crippen LogP contribution in [0.15, 0.2) is 42.5 Å². The summed E-state index contributed by atoms with van der Waals surface area (Å²) < 4.78 is 0. The highest BCUT2D eigenvalue weighted by Gasteiger charge is 2.19. The van der Waals surface area contributed by atoms with Crippen molar-refractivity contribution in [1.82, 2.24) is 0 Å². The molecule has 1 unspecified atom stereocenters. The van der Waals surface area contributed by atoms with Crippen LogP contribution in [0.1, 0.15) is 23.1 Å². The largest absolute Gasteiger partial charge is 0.382 e. The summed E-state index contributed by atoms with van der Waals surface area (Å²) in [5, 5.41) is 14.4. The molecule has 0 saturated carbocycles. The molecular formula is C17H18N2O2. The Labute approximate surface area is 124 Å². The van der Waals surface area contributed by atoms with Crippen LogP contribution in [-0.4, -0.2) is 11.0 Å². The zero-order chi connectivity index (χ0) is 14.8. The van der Waals surface area contributed by atoms with E-state index >= 15 is 0 Å². The normalized spacial score (nSPS) is 17.1. The molecule has 0 aliphatic heterocycles. The van der Waals surface area contributed by atoms with E-state index in [2.05, 4.69) is 29.6 Å². The number of hydrogen-bond donors (Lipinski definition) is 1. The molecule has 0 amide bonds. The Kier molecular flexibility index (Phi) is 3.60. The van der Waals surface area contributed by atoms with Crippen LogP contribution in [0.2, 0.25) is 0 Å². The smallest absolute Gasteiger partial charge is 0.271 e. The molecule has 2 aromatic rings. The number of nitrogens with zero attached hydrogens (tertiary/aromatic N) is 1. The van der Waals surface area contributed by atoms with Crippen molar-refractivity contribution in [3.8, 4) is 0 Å². The van der Waals surface area contributed by atoms with E-state index in [4.69, 9.17) is 0 Å². The van der Waals surface area contributed by atoms with Gasteiger partial charge in [0, 0.05) is 23.9 Å². The third-order valence-electron chi connectivity index (χ3n) is 4.14. The predicted octanol–water partition coefficient (Wildman–Crippen LogP) is 3.87. The summed E-state index contributed by atoms with van der Waals surface area (Å²) in [5.41, 5.74) is 4.85. The van der Waals surface area contributed by atoms with Gasteiger partial charge >= 0.3 is 0 Å². The number of rotatable bonds is 3. The second-order valence-electron chi connectivity index (χ2n) is 5.61. The highest BCUT2D eigenvalue weighted by atomic mass is 16.6. The lowest BCUT2D eigenvalue weighted by Crippen LogP contribution is -2.27. The van der Waals surface area contributed by atoms with Gasteiger partial charge in [-0.2, -0.15) is 0 Å². The Morgan fingerprint density at radius 3 is 2.71 bits per heavy atom. The first-order chi connectivity index (χ1) is 10.1. The molecule has 1 N–H and O–H groups in total. The summed E-state index contributed by atoms with van der Waals surface area (Å²) in [6.45, 7) is 1.98. The number of anilines is 1. The number of fused-ring (bicyclic) bond motifs is 1. The number of nitro benzene ring substituents is 1. The third kappa shape index (κ3) is 2.89. The molecule has 0 saturated heterocycles. The summed E-state index contributed by atoms with van der Waals surface area (Å²) in [4.78, 5) is 10.6. The van der Waals surface area contributed by atoms with Gasteiger partial charge in [-0.15, -0.1) is 0 Å². The van der Waals surface area contributed by atoms with E-state index in [0.29, 0.717) is 6.04 Å². The molecule has 0 spiro atoms. The second kappa shape index (κ2) is 5.56. The van der Waals surface area contributed by atoms with Gasteiger partial charge in [0.2, 0.25) is 0 Å². The van der Waals surface area contributed by atoms with Crippen LogP contribution in [0.5, 0.6) is 0 Å². The number of nitrogens with one attached hydrogen (secondary N) is 1. The fourth-order valence-corrected chi connectivity index (χ4v) is 2.92. The summed E-state index contributed by atoms with van der Waals surface area (Å²) in [6, 6.07) is 13.8. The number of benzene rings is 2. The monoisotopic (exact) mass is 282 g/mol. The lowest BCUT2D eigenvalue weighted by atomic mass is 9.88. The van der Waals surface area contributed by atoms with Gasteiger partial charge in [-0.1, -0.05) is 30.3 Å². The maximum Gasteiger partial charge on any atom is 0.271 e. The molecule has 4 heteroatoms. The Bertz CT molecular complexity index is 682. The van der Waals surface area contributed by atoms with Crippen molar-refractivity contribution >= 4 is 11.4 Å². The Balaban J connectivity index is 1.79. The van der Waals surface area contributed by atoms with E-state index < -0.39 is 0 Å². The van der Waals surface area contributed by atoms with Gasteiger partial charge in [-0.25, -0.2) is 0 Å². The average Bonchev–Trinajstić information content (AvgIpc) is 2.49. The molecule has 21 heavy (non-hydrogen) atoms. The van der Waals surface area contributed by atoms with Crippen molar-refractivity contribution in [1.29, 1.82) is 0 Å². The molecule has 3 rings (SSSR count). The van der Waals surface area contributed by atoms with E-state index in [9.17, 15) is 10.1 Å². The average molecular weight is 282 g/mol. The SMILES string of the molecule is Cc1ccc([N+](=O)[O-])cc1NC1CCc2ccccc2C1. The Hall–Kier alpha value is -2.36. The number of nitro groups is 1. The second-order valence-corrected chi connectivity index (χ2v) is 5.61. The van der Waals surface area contributed by atoms with Gasteiger partial charge in [-0.3, -0.25) is 10.1 Å². The molecule has 0 aromatic heterocycles. The standard InChI is InChI=1S/C17H18N2O2/c1-12-6-9-16(19(20)21)11-17(12)18-15-8-7-13-4-2-3-5-14(13)10-15/h2-6,9,11,15,18H,7-8,10H2,1H3. The molecule has 4 nitrogen and oxygen atoms in total. The predicted molar refractivity (Wildman–Crippen MR) is 83.7 cm³/mol. The van der Waals surface area contributed by atoms with Crippen LogP contribution in [0, 0.1) is 17.0 Å². The van der Waals surface area contributed by atoms with Crippen molar-refractivity contribution in [3.63, 3.8) is 0 Å². The first-order valence-corrected chi connectivity index (χ1v) is 7.22. The number of non-ortho nitro benzene ring substituents is 1. The molecule has 0 fully saturated rings. The molecule has 1 atom stereocenters. The van der Waals surface area contributed by atoms with E-state index in [1.807, 2.05) is 6.92 Å². The Morgan fingerprint density at radius 2 is 1.95 bits per heavy atom. The topological polar surface area (TPSA) is 55.2 Å². The zero-order valence-corrected chi connectivity index (χ0v) is 12.0. The summed E-state index contributed by atoms with van der Waals surface area (Å²) in [5.74, 6) is 0. The number of aryl methyl sites for hydroxylation is 2. The highest BCUT2D eigenvalue weighted by Crippen LogP contribution is 2.27. The molecular weight excluding hydrogens is 264 g/mol. The van der Waals surface area contributed by atoms with Crippen LogP contribution in [-0.2, 0) is 12.8 Å². The van der Waals surface area contributed by atoms with Gasteiger partial charge in [0.25, 0.3) is 5.69 Å². The summed E-state index contributed by atoms with van der Waals surface area (Å²) >= 11 is 0. The zero-order valence-electron chi connectivity index (χ0n) is 12.0. The Morgan fingerprint density at radius 1 is 1.19 bits per heavy atom. The maximum atomic E-state index is 10.9. The van der Waals surface area contributed by atoms with Gasteiger partial charge in [-0.05, 0) is 42.9 Å². The molecule has 1 aliphatic rings. The quantitative estimate of drug-likeness (QED) is 0.686. The van der Waals surface area contributed by atoms with Gasteiger partial charge in [0.15, 0.2) is 0 Å². The van der Waals surface area contributed by atoms with Crippen molar-refractivity contribution in [2.75, 3.05) is 5.32 Å². The van der Waals surface area contributed by atoms with Gasteiger partial charge in [0.05, 0.1) is 4.92 Å². The van der Waals surface area contributed by atoms with E-state index in [0.717, 1.165) is 30.5 Å². The molecule has 0 heterocycles. The van der Waals surface area contributed by atoms with Crippen molar-refractivity contribution < 1.29 is 4.92 Å². The van der Waals surface area contributed by atoms with E-state index in [1.54, 1.807) is 18.2 Å². The fourth-order valence-electron chi connectivity index (χ4n) is 2.92. The third-order valence-corrected chi connectivity index (χ3v) is 4.14. The first-order valence-electron chi connectivity index (χ1n) is 7.22. The van der Waals surface area contributed by atoms with Crippen molar-refractivity contribution in [2.45, 2.75) is 32.2 Å². The van der Waals surface area contributed by atoms with Crippen LogP contribution >= 0.6 is 0 Å². The van der Waals surface area contributed by atoms with Crippen LogP contribution in [0.3, 0.4) is 0 Å². The lowest BCUT2D eigenvalue weighted by molar-refractivity contribution is -0.384. The van der Waals surface area contributed by atoms with Crippen LogP contribution < -0.4 is 5.32 Å². The summed E-state index contributed by atoms with van der Waals surface area (Å²) in [6.07, 6.45) is 3.08. The fraction of sp³-hybridized carbons (Fsp3) is 0.294. The van der Waals surface area contributed by atoms with Crippen molar-refractivity contribution in [3.05, 3.63) is 69.3 Å². The van der Waals surface area contributed by atoms with Crippen LogP contribution in [0.4, 0.5) is 11.4 Å². The molecule has 0 radical (unpaired) electrons. The van der Waals surface area contributed by atoms with Gasteiger partial charge in [0.1, 0.15) is 0 Å². The van der Waals surface area contributed by atoms with E-state index in [-0.39, 0.29) is 10.6 Å². The lowest BCUT2D eigenvalue weighted by Gasteiger charge is -2.27. The minimum absolute atomic E-state index is 0.138.